The van der Waals surface area contributed by atoms with Gasteiger partial charge < -0.3 is 5.73 Å². The van der Waals surface area contributed by atoms with E-state index in [-0.39, 0.29) is 18.4 Å². The second-order valence-electron chi connectivity index (χ2n) is 4.76. The van der Waals surface area contributed by atoms with Crippen LogP contribution >= 0.6 is 12.4 Å². The van der Waals surface area contributed by atoms with Gasteiger partial charge in [0.1, 0.15) is 0 Å². The monoisotopic (exact) mass is 299 g/mol. The summed E-state index contributed by atoms with van der Waals surface area (Å²) >= 11 is 0. The van der Waals surface area contributed by atoms with Crippen LogP contribution in [0.1, 0.15) is 45.4 Å². The van der Waals surface area contributed by atoms with Crippen LogP contribution in [0.4, 0.5) is 0 Å². The first-order valence-corrected chi connectivity index (χ1v) is 8.04. The van der Waals surface area contributed by atoms with Crippen LogP contribution < -0.4 is 15.2 Å². The molecule has 0 aromatic heterocycles. The van der Waals surface area contributed by atoms with Gasteiger partial charge in [-0.15, -0.1) is 12.4 Å². The summed E-state index contributed by atoms with van der Waals surface area (Å²) in [6.45, 7) is 2.78. The van der Waals surface area contributed by atoms with Gasteiger partial charge in [-0.2, -0.15) is 13.1 Å². The molecule has 1 aliphatic carbocycles. The molecule has 0 radical (unpaired) electrons. The minimum Gasteiger partial charge on any atom is -0.329 e. The number of nitrogens with two attached hydrogens (primary N) is 1. The third-order valence-electron chi connectivity index (χ3n) is 3.32. The van der Waals surface area contributed by atoms with Gasteiger partial charge in [0, 0.05) is 19.1 Å². The van der Waals surface area contributed by atoms with E-state index in [1.807, 2.05) is 6.92 Å². The van der Waals surface area contributed by atoms with Crippen molar-refractivity contribution >= 4 is 22.6 Å². The topological polar surface area (TPSA) is 84.2 Å². The van der Waals surface area contributed by atoms with Crippen molar-refractivity contribution in [3.8, 4) is 0 Å². The SMILES string of the molecule is CCCNS(=O)(=O)NC(CN)C1CCCCC1.Cl. The second kappa shape index (κ2) is 9.09. The van der Waals surface area contributed by atoms with Crippen molar-refractivity contribution in [1.29, 1.82) is 0 Å². The van der Waals surface area contributed by atoms with E-state index >= 15 is 0 Å². The quantitative estimate of drug-likeness (QED) is 0.659. The first-order chi connectivity index (χ1) is 8.09. The van der Waals surface area contributed by atoms with Gasteiger partial charge in [-0.05, 0) is 25.2 Å². The average Bonchev–Trinajstić information content (AvgIpc) is 2.35. The Balaban J connectivity index is 0.00000289. The largest absolute Gasteiger partial charge is 0.329 e. The highest BCUT2D eigenvalue weighted by Crippen LogP contribution is 2.26. The molecule has 7 heteroatoms. The molecule has 0 aromatic carbocycles. The predicted octanol–water partition coefficient (Wildman–Crippen LogP) is 1.15. The molecule has 5 nitrogen and oxygen atoms in total. The van der Waals surface area contributed by atoms with Crippen LogP contribution in [0.15, 0.2) is 0 Å². The molecule has 0 amide bonds. The van der Waals surface area contributed by atoms with Crippen molar-refractivity contribution < 1.29 is 8.42 Å². The number of hydrogen-bond acceptors (Lipinski definition) is 3. The highest BCUT2D eigenvalue weighted by Gasteiger charge is 2.26. The average molecular weight is 300 g/mol. The summed E-state index contributed by atoms with van der Waals surface area (Å²) in [5.41, 5.74) is 5.68. The maximum absolute atomic E-state index is 11.7. The maximum Gasteiger partial charge on any atom is 0.277 e. The van der Waals surface area contributed by atoms with Crippen LogP contribution in [-0.4, -0.2) is 27.5 Å². The smallest absolute Gasteiger partial charge is 0.277 e. The molecule has 0 aliphatic heterocycles. The Morgan fingerprint density at radius 2 is 1.89 bits per heavy atom. The standard InChI is InChI=1S/C11H25N3O2S.ClH/c1-2-8-13-17(15,16)14-11(9-12)10-6-4-3-5-7-10;/h10-11,13-14H,2-9,12H2,1H3;1H. The van der Waals surface area contributed by atoms with Gasteiger partial charge in [0.15, 0.2) is 0 Å². The first-order valence-electron chi connectivity index (χ1n) is 6.56. The number of halogens is 1. The fraction of sp³-hybridized carbons (Fsp3) is 1.00. The molecular formula is C11H26ClN3O2S. The molecule has 0 heterocycles. The Kier molecular flexibility index (Phi) is 9.15. The molecule has 1 fully saturated rings. The summed E-state index contributed by atoms with van der Waals surface area (Å²) in [6.07, 6.45) is 6.58. The molecule has 1 aliphatic rings. The zero-order valence-corrected chi connectivity index (χ0v) is 12.7. The van der Waals surface area contributed by atoms with Gasteiger partial charge in [-0.3, -0.25) is 0 Å². The van der Waals surface area contributed by atoms with E-state index < -0.39 is 10.2 Å². The fourth-order valence-corrected chi connectivity index (χ4v) is 3.59. The van der Waals surface area contributed by atoms with Crippen LogP contribution in [0.3, 0.4) is 0 Å². The summed E-state index contributed by atoms with van der Waals surface area (Å²) in [7, 11) is -3.38. The molecule has 0 spiro atoms. The van der Waals surface area contributed by atoms with E-state index in [1.54, 1.807) is 0 Å². The lowest BCUT2D eigenvalue weighted by molar-refractivity contribution is 0.293. The predicted molar refractivity (Wildman–Crippen MR) is 77.0 cm³/mol. The highest BCUT2D eigenvalue weighted by molar-refractivity contribution is 7.87. The first kappa shape index (κ1) is 18.1. The zero-order valence-electron chi connectivity index (χ0n) is 11.0. The van der Waals surface area contributed by atoms with E-state index in [0.29, 0.717) is 19.0 Å². The Hall–Kier alpha value is 0.120. The normalized spacial score (nSPS) is 19.2. The number of hydrogen-bond donors (Lipinski definition) is 3. The van der Waals surface area contributed by atoms with E-state index in [4.69, 9.17) is 5.73 Å². The molecule has 1 atom stereocenters. The lowest BCUT2D eigenvalue weighted by atomic mass is 9.84. The second-order valence-corrected chi connectivity index (χ2v) is 6.29. The van der Waals surface area contributed by atoms with Crippen LogP contribution in [0.2, 0.25) is 0 Å². The van der Waals surface area contributed by atoms with Crippen molar-refractivity contribution in [2.24, 2.45) is 11.7 Å². The van der Waals surface area contributed by atoms with Gasteiger partial charge in [0.2, 0.25) is 0 Å². The van der Waals surface area contributed by atoms with Gasteiger partial charge in [-0.25, -0.2) is 4.72 Å². The van der Waals surface area contributed by atoms with Crippen molar-refractivity contribution in [3.05, 3.63) is 0 Å². The molecule has 4 N–H and O–H groups in total. The third kappa shape index (κ3) is 6.33. The van der Waals surface area contributed by atoms with Gasteiger partial charge in [0.25, 0.3) is 10.2 Å². The molecule has 1 saturated carbocycles. The van der Waals surface area contributed by atoms with E-state index in [2.05, 4.69) is 9.44 Å². The van der Waals surface area contributed by atoms with Gasteiger partial charge >= 0.3 is 0 Å². The van der Waals surface area contributed by atoms with Crippen LogP contribution in [0.5, 0.6) is 0 Å². The molecule has 18 heavy (non-hydrogen) atoms. The number of rotatable bonds is 7. The zero-order chi connectivity index (χ0) is 12.7. The lowest BCUT2D eigenvalue weighted by Crippen LogP contribution is -2.50. The van der Waals surface area contributed by atoms with Gasteiger partial charge in [-0.1, -0.05) is 26.2 Å². The van der Waals surface area contributed by atoms with Crippen LogP contribution in [0, 0.1) is 5.92 Å². The lowest BCUT2D eigenvalue weighted by Gasteiger charge is -2.29. The van der Waals surface area contributed by atoms with E-state index in [0.717, 1.165) is 19.3 Å². The summed E-state index contributed by atoms with van der Waals surface area (Å²) in [5.74, 6) is 0.395. The van der Waals surface area contributed by atoms with Crippen molar-refractivity contribution in [2.45, 2.75) is 51.5 Å². The summed E-state index contributed by atoms with van der Waals surface area (Å²) in [4.78, 5) is 0. The molecule has 0 bridgehead atoms. The Labute approximate surface area is 117 Å². The molecule has 110 valence electrons. The summed E-state index contributed by atoms with van der Waals surface area (Å²) < 4.78 is 28.6. The third-order valence-corrected chi connectivity index (χ3v) is 4.52. The molecule has 1 rings (SSSR count). The van der Waals surface area contributed by atoms with Crippen LogP contribution in [0.25, 0.3) is 0 Å². The maximum atomic E-state index is 11.7. The van der Waals surface area contributed by atoms with E-state index in [9.17, 15) is 8.42 Å². The Morgan fingerprint density at radius 3 is 2.39 bits per heavy atom. The van der Waals surface area contributed by atoms with Crippen LogP contribution in [-0.2, 0) is 10.2 Å². The highest BCUT2D eigenvalue weighted by atomic mass is 35.5. The molecule has 0 aromatic rings. The van der Waals surface area contributed by atoms with Crippen molar-refractivity contribution in [2.75, 3.05) is 13.1 Å². The Morgan fingerprint density at radius 1 is 1.28 bits per heavy atom. The minimum atomic E-state index is -3.38. The van der Waals surface area contributed by atoms with Crippen molar-refractivity contribution in [3.63, 3.8) is 0 Å². The molecule has 1 unspecified atom stereocenters. The molecule has 0 saturated heterocycles. The van der Waals surface area contributed by atoms with Crippen molar-refractivity contribution in [1.82, 2.24) is 9.44 Å². The summed E-state index contributed by atoms with van der Waals surface area (Å²) in [5, 5.41) is 0. The fourth-order valence-electron chi connectivity index (χ4n) is 2.35. The number of nitrogens with one attached hydrogen (secondary N) is 2. The summed E-state index contributed by atoms with van der Waals surface area (Å²) in [6, 6.07) is -0.121. The molecular weight excluding hydrogens is 274 g/mol. The Bertz CT molecular complexity index is 305. The van der Waals surface area contributed by atoms with Gasteiger partial charge in [0.05, 0.1) is 0 Å². The minimum absolute atomic E-state index is 0. The van der Waals surface area contributed by atoms with E-state index in [1.165, 1.54) is 19.3 Å².